The molecule has 2 amide bonds. The molecule has 0 aromatic carbocycles. The van der Waals surface area contributed by atoms with Crippen LogP contribution in [0.25, 0.3) is 0 Å². The molecule has 0 saturated carbocycles. The molecule has 1 aromatic heterocycles. The second-order valence-corrected chi connectivity index (χ2v) is 10.7. The van der Waals surface area contributed by atoms with Crippen molar-refractivity contribution in [2.45, 2.75) is 79.8 Å². The Hall–Kier alpha value is -2.62. The molecule has 10 heteroatoms. The summed E-state index contributed by atoms with van der Waals surface area (Å²) < 4.78 is 1.32. The van der Waals surface area contributed by atoms with Crippen LogP contribution in [-0.4, -0.2) is 58.5 Å². The number of piperidine rings is 1. The van der Waals surface area contributed by atoms with Crippen LogP contribution in [0.1, 0.15) is 67.2 Å². The lowest BCUT2D eigenvalue weighted by molar-refractivity contribution is -0.128. The van der Waals surface area contributed by atoms with Crippen molar-refractivity contribution in [1.29, 1.82) is 0 Å². The van der Waals surface area contributed by atoms with Crippen LogP contribution in [0.2, 0.25) is 0 Å². The van der Waals surface area contributed by atoms with Gasteiger partial charge in [0.15, 0.2) is 5.69 Å². The summed E-state index contributed by atoms with van der Waals surface area (Å²) in [4.78, 5) is 57.1. The van der Waals surface area contributed by atoms with Crippen molar-refractivity contribution in [2.75, 3.05) is 36.8 Å². The molecule has 10 nitrogen and oxygen atoms in total. The minimum atomic E-state index is -0.665. The third-order valence-corrected chi connectivity index (χ3v) is 6.23. The van der Waals surface area contributed by atoms with E-state index in [4.69, 9.17) is 5.73 Å². The number of nitrogens with one attached hydrogen (secondary N) is 2. The van der Waals surface area contributed by atoms with Crippen LogP contribution in [0.4, 0.5) is 11.5 Å². The first-order chi connectivity index (χ1) is 16.4. The fourth-order valence-electron chi connectivity index (χ4n) is 4.62. The molecule has 35 heavy (non-hydrogen) atoms. The van der Waals surface area contributed by atoms with Gasteiger partial charge < -0.3 is 16.0 Å². The van der Waals surface area contributed by atoms with Gasteiger partial charge in [-0.3, -0.25) is 28.8 Å². The summed E-state index contributed by atoms with van der Waals surface area (Å²) in [7, 11) is 0. The highest BCUT2D eigenvalue weighted by Gasteiger charge is 2.31. The number of amides is 2. The molecule has 1 aliphatic heterocycles. The molecule has 2 heterocycles. The number of carbonyl (C=O) groups is 2. The van der Waals surface area contributed by atoms with E-state index >= 15 is 0 Å². The molecule has 1 fully saturated rings. The van der Waals surface area contributed by atoms with E-state index in [1.807, 2.05) is 39.5 Å². The van der Waals surface area contributed by atoms with Crippen LogP contribution in [0.5, 0.6) is 0 Å². The fourth-order valence-corrected chi connectivity index (χ4v) is 4.62. The van der Waals surface area contributed by atoms with Gasteiger partial charge >= 0.3 is 5.69 Å². The zero-order valence-corrected chi connectivity index (χ0v) is 22.2. The molecule has 2 rings (SSSR count). The SMILES string of the molecule is CCCC(C)NC(=O)C1CCCN(CC(=O)N(CC(C)C)c2c(N)n(CC(C)C)c(=O)[nH]c2=O)C1. The minimum absolute atomic E-state index is 0.00209. The standard InChI is InChI=1S/C25H44N6O4/c1-7-9-18(6)27-23(33)19-10-8-11-29(14-19)15-20(32)30(12-16(2)3)21-22(26)31(13-17(4)5)25(35)28-24(21)34/h16-19H,7-15,26H2,1-6H3,(H,27,33)(H,28,34,35). The average Bonchev–Trinajstić information content (AvgIpc) is 2.75. The number of H-pyrrole nitrogens is 1. The van der Waals surface area contributed by atoms with Crippen molar-refractivity contribution < 1.29 is 9.59 Å². The Bertz CT molecular complexity index is 983. The highest BCUT2D eigenvalue weighted by atomic mass is 16.2. The van der Waals surface area contributed by atoms with Crippen molar-refractivity contribution in [3.63, 3.8) is 0 Å². The van der Waals surface area contributed by atoms with Crippen LogP contribution >= 0.6 is 0 Å². The Morgan fingerprint density at radius 1 is 1.17 bits per heavy atom. The first-order valence-corrected chi connectivity index (χ1v) is 12.9. The zero-order chi connectivity index (χ0) is 26.3. The van der Waals surface area contributed by atoms with Gasteiger partial charge in [-0.25, -0.2) is 4.79 Å². The van der Waals surface area contributed by atoms with Gasteiger partial charge in [0.1, 0.15) is 5.82 Å². The molecule has 1 aromatic rings. The number of carbonyl (C=O) groups excluding carboxylic acids is 2. The predicted molar refractivity (Wildman–Crippen MR) is 139 cm³/mol. The van der Waals surface area contributed by atoms with Gasteiger partial charge in [0.25, 0.3) is 5.56 Å². The van der Waals surface area contributed by atoms with Crippen LogP contribution < -0.4 is 27.2 Å². The van der Waals surface area contributed by atoms with Crippen molar-refractivity contribution in [1.82, 2.24) is 19.8 Å². The number of likely N-dealkylation sites (tertiary alicyclic amines) is 1. The molecule has 1 aliphatic rings. The van der Waals surface area contributed by atoms with E-state index in [1.165, 1.54) is 9.47 Å². The number of anilines is 2. The van der Waals surface area contributed by atoms with Gasteiger partial charge in [-0.1, -0.05) is 41.0 Å². The third-order valence-electron chi connectivity index (χ3n) is 6.23. The second kappa shape index (κ2) is 12.9. The van der Waals surface area contributed by atoms with E-state index in [2.05, 4.69) is 17.2 Å². The summed E-state index contributed by atoms with van der Waals surface area (Å²) in [5.41, 5.74) is 5.07. The normalized spacial score (nSPS) is 17.5. The summed E-state index contributed by atoms with van der Waals surface area (Å²) in [6.45, 7) is 13.8. The zero-order valence-electron chi connectivity index (χ0n) is 22.2. The van der Waals surface area contributed by atoms with Gasteiger partial charge in [-0.05, 0) is 44.6 Å². The van der Waals surface area contributed by atoms with Gasteiger partial charge in [0.2, 0.25) is 11.8 Å². The Balaban J connectivity index is 2.25. The molecule has 4 N–H and O–H groups in total. The largest absolute Gasteiger partial charge is 0.383 e. The van der Waals surface area contributed by atoms with E-state index in [1.54, 1.807) is 0 Å². The number of aromatic amines is 1. The molecule has 0 aliphatic carbocycles. The Kier molecular flexibility index (Phi) is 10.5. The van der Waals surface area contributed by atoms with Gasteiger partial charge in [0, 0.05) is 25.7 Å². The van der Waals surface area contributed by atoms with Crippen LogP contribution in [0.15, 0.2) is 9.59 Å². The van der Waals surface area contributed by atoms with Crippen LogP contribution in [0.3, 0.4) is 0 Å². The van der Waals surface area contributed by atoms with Gasteiger partial charge in [-0.2, -0.15) is 0 Å². The number of nitrogen functional groups attached to an aromatic ring is 1. The number of hydrogen-bond acceptors (Lipinski definition) is 6. The maximum Gasteiger partial charge on any atom is 0.330 e. The maximum absolute atomic E-state index is 13.5. The Morgan fingerprint density at radius 2 is 1.86 bits per heavy atom. The van der Waals surface area contributed by atoms with Gasteiger partial charge in [-0.15, -0.1) is 0 Å². The average molecular weight is 493 g/mol. The highest BCUT2D eigenvalue weighted by Crippen LogP contribution is 2.21. The topological polar surface area (TPSA) is 134 Å². The van der Waals surface area contributed by atoms with E-state index in [0.29, 0.717) is 19.6 Å². The highest BCUT2D eigenvalue weighted by molar-refractivity contribution is 5.97. The van der Waals surface area contributed by atoms with E-state index in [9.17, 15) is 19.2 Å². The monoisotopic (exact) mass is 492 g/mol. The lowest BCUT2D eigenvalue weighted by Gasteiger charge is -2.34. The fraction of sp³-hybridized carbons (Fsp3) is 0.760. The molecule has 1 saturated heterocycles. The summed E-state index contributed by atoms with van der Waals surface area (Å²) in [5.74, 6) is -0.213. The molecular formula is C25H44N6O4. The minimum Gasteiger partial charge on any atom is -0.383 e. The summed E-state index contributed by atoms with van der Waals surface area (Å²) in [5, 5.41) is 3.09. The predicted octanol–water partition coefficient (Wildman–Crippen LogP) is 1.78. The number of nitrogens with zero attached hydrogens (tertiary/aromatic N) is 3. The molecule has 198 valence electrons. The number of nitrogens with two attached hydrogens (primary N) is 1. The first-order valence-electron chi connectivity index (χ1n) is 12.9. The summed E-state index contributed by atoms with van der Waals surface area (Å²) in [6.07, 6.45) is 3.54. The first kappa shape index (κ1) is 28.6. The van der Waals surface area contributed by atoms with Crippen LogP contribution in [0, 0.1) is 17.8 Å². The lowest BCUT2D eigenvalue weighted by atomic mass is 9.96. The summed E-state index contributed by atoms with van der Waals surface area (Å²) in [6, 6.07) is 0.127. The third kappa shape index (κ3) is 7.95. The van der Waals surface area contributed by atoms with E-state index < -0.39 is 11.2 Å². The number of rotatable bonds is 11. The number of hydrogen-bond donors (Lipinski definition) is 3. The van der Waals surface area contributed by atoms with Crippen molar-refractivity contribution in [2.24, 2.45) is 17.8 Å². The quantitative estimate of drug-likeness (QED) is 0.431. The van der Waals surface area contributed by atoms with Crippen LogP contribution in [-0.2, 0) is 16.1 Å². The molecule has 0 radical (unpaired) electrons. The second-order valence-electron chi connectivity index (χ2n) is 10.7. The Labute approximate surface area is 208 Å². The molecule has 2 atom stereocenters. The number of aromatic nitrogens is 2. The van der Waals surface area contributed by atoms with E-state index in [-0.39, 0.29) is 60.2 Å². The molecule has 0 bridgehead atoms. The molecule has 2 unspecified atom stereocenters. The van der Waals surface area contributed by atoms with E-state index in [0.717, 1.165) is 25.7 Å². The summed E-state index contributed by atoms with van der Waals surface area (Å²) >= 11 is 0. The maximum atomic E-state index is 13.5. The van der Waals surface area contributed by atoms with Crippen molar-refractivity contribution in [3.8, 4) is 0 Å². The smallest absolute Gasteiger partial charge is 0.330 e. The van der Waals surface area contributed by atoms with Gasteiger partial charge in [0.05, 0.1) is 12.5 Å². The molecule has 0 spiro atoms. The molecular weight excluding hydrogens is 448 g/mol. The Morgan fingerprint density at radius 3 is 2.46 bits per heavy atom. The van der Waals surface area contributed by atoms with Crippen molar-refractivity contribution in [3.05, 3.63) is 20.8 Å². The van der Waals surface area contributed by atoms with Crippen molar-refractivity contribution >= 4 is 23.3 Å². The lowest BCUT2D eigenvalue weighted by Crippen LogP contribution is -2.50.